The minimum absolute atomic E-state index is 0.156. The SMILES string of the molecule is C=C1CC=CC2(C(=C)/C=C\CNC3=C2C=CC3C2(NC)CC2C)c2ccccc21. The lowest BCUT2D eigenvalue weighted by Crippen LogP contribution is -2.42. The van der Waals surface area contributed by atoms with Crippen LogP contribution in [-0.2, 0) is 5.41 Å². The van der Waals surface area contributed by atoms with E-state index in [4.69, 9.17) is 0 Å². The van der Waals surface area contributed by atoms with Crippen LogP contribution in [0.25, 0.3) is 5.57 Å². The molecule has 0 radical (unpaired) electrons. The van der Waals surface area contributed by atoms with Crippen molar-refractivity contribution < 1.29 is 0 Å². The van der Waals surface area contributed by atoms with Gasteiger partial charge in [-0.25, -0.2) is 0 Å². The largest absolute Gasteiger partial charge is 0.384 e. The molecule has 2 N–H and O–H groups in total. The molecule has 1 fully saturated rings. The lowest BCUT2D eigenvalue weighted by molar-refractivity contribution is 0.417. The predicted octanol–water partition coefficient (Wildman–Crippen LogP) is 5.05. The fourth-order valence-electron chi connectivity index (χ4n) is 5.81. The van der Waals surface area contributed by atoms with Gasteiger partial charge < -0.3 is 10.6 Å². The third kappa shape index (κ3) is 2.45. The highest BCUT2D eigenvalue weighted by molar-refractivity contribution is 5.76. The molecule has 1 aliphatic heterocycles. The molecule has 3 aliphatic carbocycles. The maximum absolute atomic E-state index is 4.58. The number of allylic oxidation sites excluding steroid dienone is 7. The molecule has 4 unspecified atom stereocenters. The van der Waals surface area contributed by atoms with Crippen LogP contribution in [0.5, 0.6) is 0 Å². The van der Waals surface area contributed by atoms with E-state index in [1.54, 1.807) is 0 Å². The molecule has 2 nitrogen and oxygen atoms in total. The number of hydrogen-bond donors (Lipinski definition) is 2. The molecule has 1 saturated carbocycles. The molecule has 0 bridgehead atoms. The molecular formula is C27H30N2. The first-order chi connectivity index (χ1) is 14.0. The monoisotopic (exact) mass is 382 g/mol. The second kappa shape index (κ2) is 6.47. The smallest absolute Gasteiger partial charge is 0.0649 e. The van der Waals surface area contributed by atoms with Gasteiger partial charge in [0.15, 0.2) is 0 Å². The summed E-state index contributed by atoms with van der Waals surface area (Å²) in [5, 5.41) is 7.44. The second-order valence-electron chi connectivity index (χ2n) is 8.93. The van der Waals surface area contributed by atoms with Crippen molar-refractivity contribution in [2.75, 3.05) is 13.6 Å². The van der Waals surface area contributed by atoms with E-state index in [2.05, 4.69) is 98.5 Å². The highest BCUT2D eigenvalue weighted by Crippen LogP contribution is 2.56. The Balaban J connectivity index is 1.78. The molecule has 1 aromatic carbocycles. The first-order valence-electron chi connectivity index (χ1n) is 10.7. The number of hydrogen-bond acceptors (Lipinski definition) is 2. The Labute approximate surface area is 174 Å². The van der Waals surface area contributed by atoms with Crippen molar-refractivity contribution >= 4 is 5.57 Å². The fourth-order valence-corrected chi connectivity index (χ4v) is 5.81. The molecule has 0 saturated heterocycles. The Bertz CT molecular complexity index is 1020. The van der Waals surface area contributed by atoms with Crippen LogP contribution in [0.15, 0.2) is 90.7 Å². The van der Waals surface area contributed by atoms with Crippen LogP contribution in [0.3, 0.4) is 0 Å². The molecule has 0 amide bonds. The van der Waals surface area contributed by atoms with Crippen LogP contribution in [0.1, 0.15) is 30.9 Å². The predicted molar refractivity (Wildman–Crippen MR) is 122 cm³/mol. The summed E-state index contributed by atoms with van der Waals surface area (Å²) in [5.41, 5.74) is 7.31. The van der Waals surface area contributed by atoms with E-state index in [0.29, 0.717) is 11.8 Å². The third-order valence-electron chi connectivity index (χ3n) is 7.57. The Morgan fingerprint density at radius 3 is 2.69 bits per heavy atom. The number of benzene rings is 1. The summed E-state index contributed by atoms with van der Waals surface area (Å²) in [6.45, 7) is 12.1. The van der Waals surface area contributed by atoms with E-state index < -0.39 is 0 Å². The lowest BCUT2D eigenvalue weighted by atomic mass is 9.66. The van der Waals surface area contributed by atoms with Gasteiger partial charge in [-0.3, -0.25) is 0 Å². The van der Waals surface area contributed by atoms with Crippen molar-refractivity contribution in [2.24, 2.45) is 11.8 Å². The van der Waals surface area contributed by atoms with Gasteiger partial charge in [-0.05, 0) is 53.7 Å². The standard InChI is InChI=1S/C27H30N2/c1-18-9-7-15-26(22-12-6-5-11-21(18)22)19(2)10-8-16-29-25-23(26)13-14-24(25)27(28-4)17-20(27)3/h5-8,10-15,20,24,28-29H,1-2,9,16-17H2,3-4H3/b10-8-. The number of rotatable bonds is 2. The average Bonchev–Trinajstić information content (AvgIpc) is 3.26. The van der Waals surface area contributed by atoms with Crippen LogP contribution in [0.4, 0.5) is 0 Å². The summed E-state index contributed by atoms with van der Waals surface area (Å²) < 4.78 is 0. The Hall–Kier alpha value is -2.58. The molecule has 4 aliphatic rings. The van der Waals surface area contributed by atoms with Gasteiger partial charge in [-0.15, -0.1) is 0 Å². The van der Waals surface area contributed by atoms with Gasteiger partial charge in [-0.1, -0.05) is 80.8 Å². The van der Waals surface area contributed by atoms with Crippen molar-refractivity contribution in [3.05, 3.63) is 102 Å². The molecule has 0 aromatic heterocycles. The summed E-state index contributed by atoms with van der Waals surface area (Å²) in [7, 11) is 2.11. The minimum Gasteiger partial charge on any atom is -0.384 e. The molecule has 1 heterocycles. The highest BCUT2D eigenvalue weighted by Gasteiger charge is 2.57. The van der Waals surface area contributed by atoms with Crippen molar-refractivity contribution in [2.45, 2.75) is 30.7 Å². The second-order valence-corrected chi connectivity index (χ2v) is 8.93. The quantitative estimate of drug-likeness (QED) is 0.699. The summed E-state index contributed by atoms with van der Waals surface area (Å²) in [6.07, 6.45) is 15.9. The summed E-state index contributed by atoms with van der Waals surface area (Å²) in [6, 6.07) is 8.73. The zero-order valence-electron chi connectivity index (χ0n) is 17.5. The molecule has 29 heavy (non-hydrogen) atoms. The summed E-state index contributed by atoms with van der Waals surface area (Å²) in [5.74, 6) is 1.04. The third-order valence-corrected chi connectivity index (χ3v) is 7.57. The van der Waals surface area contributed by atoms with E-state index in [1.807, 2.05) is 0 Å². The van der Waals surface area contributed by atoms with E-state index >= 15 is 0 Å². The first kappa shape index (κ1) is 18.4. The van der Waals surface area contributed by atoms with Crippen LogP contribution in [0, 0.1) is 11.8 Å². The van der Waals surface area contributed by atoms with Gasteiger partial charge >= 0.3 is 0 Å². The first-order valence-corrected chi connectivity index (χ1v) is 10.7. The maximum atomic E-state index is 4.58. The van der Waals surface area contributed by atoms with Crippen LogP contribution >= 0.6 is 0 Å². The van der Waals surface area contributed by atoms with Crippen LogP contribution in [0.2, 0.25) is 0 Å². The van der Waals surface area contributed by atoms with Crippen molar-refractivity contribution in [1.29, 1.82) is 0 Å². The van der Waals surface area contributed by atoms with Crippen molar-refractivity contribution in [1.82, 2.24) is 10.6 Å². The normalized spacial score (nSPS) is 36.2. The van der Waals surface area contributed by atoms with Crippen molar-refractivity contribution in [3.63, 3.8) is 0 Å². The van der Waals surface area contributed by atoms with Gasteiger partial charge in [0, 0.05) is 23.7 Å². The van der Waals surface area contributed by atoms with Gasteiger partial charge in [0.2, 0.25) is 0 Å². The Kier molecular flexibility index (Phi) is 4.11. The van der Waals surface area contributed by atoms with E-state index in [1.165, 1.54) is 34.4 Å². The Morgan fingerprint density at radius 2 is 1.93 bits per heavy atom. The van der Waals surface area contributed by atoms with E-state index in [0.717, 1.165) is 18.5 Å². The van der Waals surface area contributed by atoms with Gasteiger partial charge in [-0.2, -0.15) is 0 Å². The average molecular weight is 383 g/mol. The van der Waals surface area contributed by atoms with Gasteiger partial charge in [0.05, 0.1) is 5.41 Å². The molecule has 1 spiro atoms. The summed E-state index contributed by atoms with van der Waals surface area (Å²) >= 11 is 0. The Morgan fingerprint density at radius 1 is 1.14 bits per heavy atom. The molecule has 4 atom stereocenters. The molecular weight excluding hydrogens is 352 g/mol. The van der Waals surface area contributed by atoms with E-state index in [-0.39, 0.29) is 11.0 Å². The summed E-state index contributed by atoms with van der Waals surface area (Å²) in [4.78, 5) is 0. The zero-order valence-corrected chi connectivity index (χ0v) is 17.5. The molecule has 2 heteroatoms. The van der Waals surface area contributed by atoms with Crippen molar-refractivity contribution in [3.8, 4) is 0 Å². The van der Waals surface area contributed by atoms with Crippen LogP contribution < -0.4 is 10.6 Å². The van der Waals surface area contributed by atoms with E-state index in [9.17, 15) is 0 Å². The fraction of sp³-hybridized carbons (Fsp3) is 0.333. The number of fused-ring (bicyclic) bond motifs is 3. The topological polar surface area (TPSA) is 24.1 Å². The molecule has 148 valence electrons. The van der Waals surface area contributed by atoms with Gasteiger partial charge in [0.1, 0.15) is 0 Å². The minimum atomic E-state index is -0.367. The lowest BCUT2D eigenvalue weighted by Gasteiger charge is -2.38. The van der Waals surface area contributed by atoms with Crippen LogP contribution in [-0.4, -0.2) is 19.1 Å². The molecule has 5 rings (SSSR count). The van der Waals surface area contributed by atoms with Gasteiger partial charge in [0.25, 0.3) is 0 Å². The zero-order chi connectivity index (χ0) is 20.2. The number of nitrogens with one attached hydrogen (secondary N) is 2. The highest BCUT2D eigenvalue weighted by atomic mass is 15.0. The molecule has 1 aromatic rings. The maximum Gasteiger partial charge on any atom is 0.0649 e.